The summed E-state index contributed by atoms with van der Waals surface area (Å²) in [5, 5.41) is 0.326. The van der Waals surface area contributed by atoms with Crippen molar-refractivity contribution < 1.29 is 4.79 Å². The van der Waals surface area contributed by atoms with E-state index in [4.69, 9.17) is 11.6 Å². The highest BCUT2D eigenvalue weighted by Crippen LogP contribution is 2.27. The minimum atomic E-state index is -0.319. The van der Waals surface area contributed by atoms with Crippen LogP contribution in [-0.2, 0) is 0 Å². The molecule has 0 unspecified atom stereocenters. The van der Waals surface area contributed by atoms with E-state index in [0.29, 0.717) is 20.7 Å². The quantitative estimate of drug-likeness (QED) is 0.718. The summed E-state index contributed by atoms with van der Waals surface area (Å²) in [5.41, 5.74) is 0.360. The number of aromatic nitrogens is 2. The molecule has 15 heavy (non-hydrogen) atoms. The third kappa shape index (κ3) is 1.57. The standard InChI is InChI=1S/C9H7ClN2O2S/c1-4-3-6(14)11-9-12(4)8(10)7(15-9)5(2)13/h3H,1-2H3. The fraction of sp³-hybridized carbons (Fsp3) is 0.222. The van der Waals surface area contributed by atoms with Crippen LogP contribution in [0.4, 0.5) is 0 Å². The summed E-state index contributed by atoms with van der Waals surface area (Å²) < 4.78 is 1.60. The topological polar surface area (TPSA) is 51.4 Å². The number of halogens is 1. The number of nitrogens with zero attached hydrogens (tertiary/aromatic N) is 2. The average Bonchev–Trinajstić information content (AvgIpc) is 2.42. The second kappa shape index (κ2) is 3.43. The molecule has 2 aromatic heterocycles. The van der Waals surface area contributed by atoms with Crippen LogP contribution in [0.5, 0.6) is 0 Å². The monoisotopic (exact) mass is 242 g/mol. The van der Waals surface area contributed by atoms with Gasteiger partial charge in [-0.15, -0.1) is 0 Å². The zero-order chi connectivity index (χ0) is 11.2. The molecule has 0 bridgehead atoms. The highest BCUT2D eigenvalue weighted by atomic mass is 35.5. The van der Waals surface area contributed by atoms with Gasteiger partial charge in [0.1, 0.15) is 10.0 Å². The lowest BCUT2D eigenvalue weighted by molar-refractivity contribution is 0.102. The van der Waals surface area contributed by atoms with Gasteiger partial charge in [-0.2, -0.15) is 4.98 Å². The molecule has 0 aliphatic carbocycles. The molecule has 0 N–H and O–H groups in total. The fourth-order valence-electron chi connectivity index (χ4n) is 1.33. The second-order valence-electron chi connectivity index (χ2n) is 3.13. The maximum Gasteiger partial charge on any atom is 0.274 e. The van der Waals surface area contributed by atoms with Crippen molar-refractivity contribution in [2.75, 3.05) is 0 Å². The Kier molecular flexibility index (Phi) is 2.36. The molecule has 0 saturated heterocycles. The van der Waals surface area contributed by atoms with Crippen LogP contribution in [0.15, 0.2) is 10.9 Å². The maximum absolute atomic E-state index is 11.2. The summed E-state index contributed by atoms with van der Waals surface area (Å²) in [6.45, 7) is 3.18. The number of rotatable bonds is 1. The first kappa shape index (κ1) is 10.3. The summed E-state index contributed by atoms with van der Waals surface area (Å²) in [6, 6.07) is 1.38. The predicted octanol–water partition coefficient (Wildman–Crippen LogP) is 1.92. The van der Waals surface area contributed by atoms with Gasteiger partial charge in [0.2, 0.25) is 0 Å². The Hall–Kier alpha value is -1.20. The van der Waals surface area contributed by atoms with Crippen molar-refractivity contribution in [3.63, 3.8) is 0 Å². The van der Waals surface area contributed by atoms with Crippen LogP contribution >= 0.6 is 22.9 Å². The number of Topliss-reactive ketones (excluding diaryl/α,β-unsaturated/α-hetero) is 1. The Bertz CT molecular complexity index is 614. The first-order chi connectivity index (χ1) is 7.00. The van der Waals surface area contributed by atoms with Gasteiger partial charge in [-0.25, -0.2) is 0 Å². The van der Waals surface area contributed by atoms with Gasteiger partial charge in [0.05, 0.1) is 0 Å². The molecule has 0 aliphatic heterocycles. The maximum atomic E-state index is 11.2. The highest BCUT2D eigenvalue weighted by molar-refractivity contribution is 7.19. The number of hydrogen-bond acceptors (Lipinski definition) is 4. The number of thiazole rings is 1. The molecule has 4 nitrogen and oxygen atoms in total. The minimum Gasteiger partial charge on any atom is -0.293 e. The number of aryl methyl sites for hydroxylation is 1. The molecule has 0 atom stereocenters. The second-order valence-corrected chi connectivity index (χ2v) is 4.47. The van der Waals surface area contributed by atoms with Crippen molar-refractivity contribution in [3.05, 3.63) is 32.1 Å². The zero-order valence-electron chi connectivity index (χ0n) is 8.07. The molecular formula is C9H7ClN2O2S. The van der Waals surface area contributed by atoms with Crippen LogP contribution in [-0.4, -0.2) is 15.2 Å². The van der Waals surface area contributed by atoms with Crippen molar-refractivity contribution in [1.29, 1.82) is 0 Å². The van der Waals surface area contributed by atoms with E-state index >= 15 is 0 Å². The third-order valence-corrected chi connectivity index (χ3v) is 3.59. The van der Waals surface area contributed by atoms with Gasteiger partial charge in [0, 0.05) is 18.7 Å². The smallest absolute Gasteiger partial charge is 0.274 e. The van der Waals surface area contributed by atoms with Gasteiger partial charge >= 0.3 is 0 Å². The number of carbonyl (C=O) groups excluding carboxylic acids is 1. The average molecular weight is 243 g/mol. The Labute approximate surface area is 94.1 Å². The number of carbonyl (C=O) groups is 1. The molecule has 0 radical (unpaired) electrons. The SMILES string of the molecule is CC(=O)c1sc2nc(=O)cc(C)n2c1Cl. The van der Waals surface area contributed by atoms with Crippen LogP contribution in [0.1, 0.15) is 22.3 Å². The lowest BCUT2D eigenvalue weighted by Gasteiger charge is -1.98. The van der Waals surface area contributed by atoms with E-state index in [0.717, 1.165) is 11.3 Å². The summed E-state index contributed by atoms with van der Waals surface area (Å²) in [7, 11) is 0. The minimum absolute atomic E-state index is 0.123. The van der Waals surface area contributed by atoms with Gasteiger partial charge in [-0.05, 0) is 6.92 Å². The zero-order valence-corrected chi connectivity index (χ0v) is 9.65. The van der Waals surface area contributed by atoms with E-state index in [2.05, 4.69) is 4.98 Å². The van der Waals surface area contributed by atoms with Gasteiger partial charge in [-0.3, -0.25) is 14.0 Å². The highest BCUT2D eigenvalue weighted by Gasteiger charge is 2.15. The Balaban J connectivity index is 2.94. The Morgan fingerprint density at radius 1 is 1.60 bits per heavy atom. The predicted molar refractivity (Wildman–Crippen MR) is 59.1 cm³/mol. The number of ketones is 1. The largest absolute Gasteiger partial charge is 0.293 e. The first-order valence-electron chi connectivity index (χ1n) is 4.20. The van der Waals surface area contributed by atoms with Crippen molar-refractivity contribution in [2.45, 2.75) is 13.8 Å². The van der Waals surface area contributed by atoms with E-state index in [1.807, 2.05) is 0 Å². The molecule has 0 amide bonds. The molecule has 0 aromatic carbocycles. The van der Waals surface area contributed by atoms with E-state index in [1.165, 1.54) is 13.0 Å². The number of hydrogen-bond donors (Lipinski definition) is 0. The number of fused-ring (bicyclic) bond motifs is 1. The molecule has 2 aromatic rings. The normalized spacial score (nSPS) is 10.9. The van der Waals surface area contributed by atoms with Crippen molar-refractivity contribution >= 4 is 33.7 Å². The lowest BCUT2D eigenvalue weighted by Crippen LogP contribution is -2.08. The summed E-state index contributed by atoms with van der Waals surface area (Å²) in [4.78, 5) is 27.1. The van der Waals surface area contributed by atoms with Crippen molar-refractivity contribution in [1.82, 2.24) is 9.38 Å². The first-order valence-corrected chi connectivity index (χ1v) is 5.40. The van der Waals surface area contributed by atoms with Crippen molar-refractivity contribution in [3.8, 4) is 0 Å². The van der Waals surface area contributed by atoms with Gasteiger partial charge in [0.25, 0.3) is 5.56 Å². The van der Waals surface area contributed by atoms with Crippen LogP contribution in [0, 0.1) is 6.92 Å². The van der Waals surface area contributed by atoms with Gasteiger partial charge < -0.3 is 0 Å². The summed E-state index contributed by atoms with van der Waals surface area (Å²) in [5.74, 6) is -0.123. The van der Waals surface area contributed by atoms with Crippen LogP contribution in [0.25, 0.3) is 4.96 Å². The van der Waals surface area contributed by atoms with Crippen molar-refractivity contribution in [2.24, 2.45) is 0 Å². The van der Waals surface area contributed by atoms with E-state index < -0.39 is 0 Å². The molecule has 2 heterocycles. The summed E-state index contributed by atoms with van der Waals surface area (Å²) >= 11 is 7.15. The van der Waals surface area contributed by atoms with Gasteiger partial charge in [0.15, 0.2) is 10.7 Å². The van der Waals surface area contributed by atoms with E-state index in [9.17, 15) is 9.59 Å². The van der Waals surface area contributed by atoms with E-state index in [1.54, 1.807) is 11.3 Å². The fourth-order valence-corrected chi connectivity index (χ4v) is 2.81. The van der Waals surface area contributed by atoms with Crippen LogP contribution in [0.2, 0.25) is 5.15 Å². The third-order valence-electron chi connectivity index (χ3n) is 1.98. The van der Waals surface area contributed by atoms with Gasteiger partial charge in [-0.1, -0.05) is 22.9 Å². The molecule has 0 spiro atoms. The molecular weight excluding hydrogens is 236 g/mol. The molecule has 0 saturated carbocycles. The van der Waals surface area contributed by atoms with Crippen LogP contribution in [0.3, 0.4) is 0 Å². The Morgan fingerprint density at radius 3 is 2.87 bits per heavy atom. The summed E-state index contributed by atoms with van der Waals surface area (Å²) in [6.07, 6.45) is 0. The molecule has 0 fully saturated rings. The Morgan fingerprint density at radius 2 is 2.27 bits per heavy atom. The molecule has 2 rings (SSSR count). The molecule has 6 heteroatoms. The van der Waals surface area contributed by atoms with E-state index in [-0.39, 0.29) is 11.3 Å². The lowest BCUT2D eigenvalue weighted by atomic mass is 10.4. The molecule has 0 aliphatic rings. The molecule has 78 valence electrons. The van der Waals surface area contributed by atoms with Crippen LogP contribution < -0.4 is 5.56 Å².